The molecule has 11 heteroatoms. The number of carbonyl (C=O) groups excluding carboxylic acids is 5. The van der Waals surface area contributed by atoms with Gasteiger partial charge in [-0.2, -0.15) is 0 Å². The van der Waals surface area contributed by atoms with Crippen LogP contribution in [-0.2, 0) is 30.3 Å². The van der Waals surface area contributed by atoms with Gasteiger partial charge in [-0.1, -0.05) is 48.0 Å². The molecule has 0 spiro atoms. The first kappa shape index (κ1) is 34.5. The lowest BCUT2D eigenvalue weighted by Crippen LogP contribution is -2.58. The first-order valence-corrected chi connectivity index (χ1v) is 15.5. The number of benzene rings is 2. The number of likely N-dealkylation sites (N-methyl/N-ethyl adjacent to an activating group) is 1. The summed E-state index contributed by atoms with van der Waals surface area (Å²) < 4.78 is 6.05. The van der Waals surface area contributed by atoms with Crippen molar-refractivity contribution in [3.05, 3.63) is 75.8 Å². The molecule has 1 heterocycles. The molecule has 0 radical (unpaired) electrons. The predicted octanol–water partition coefficient (Wildman–Crippen LogP) is 4.24. The number of nitrogens with one attached hydrogen (secondary N) is 2. The Hall–Kier alpha value is -3.99. The van der Waals surface area contributed by atoms with Gasteiger partial charge in [0.05, 0.1) is 10.6 Å². The fourth-order valence-electron chi connectivity index (χ4n) is 4.85. The van der Waals surface area contributed by atoms with Gasteiger partial charge >= 0.3 is 5.97 Å². The first-order valence-electron chi connectivity index (χ1n) is 14.7. The number of ketones is 1. The summed E-state index contributed by atoms with van der Waals surface area (Å²) >= 11 is 3.27. The van der Waals surface area contributed by atoms with Gasteiger partial charge in [0, 0.05) is 25.5 Å². The van der Waals surface area contributed by atoms with Crippen molar-refractivity contribution in [2.24, 2.45) is 0 Å². The van der Waals surface area contributed by atoms with E-state index in [2.05, 4.69) is 26.6 Å². The Labute approximate surface area is 266 Å². The second kappa shape index (κ2) is 16.2. The van der Waals surface area contributed by atoms with Crippen molar-refractivity contribution in [3.63, 3.8) is 0 Å². The Morgan fingerprint density at radius 3 is 2.43 bits per heavy atom. The number of rotatable bonds is 4. The highest BCUT2D eigenvalue weighted by molar-refractivity contribution is 9.10. The highest BCUT2D eigenvalue weighted by atomic mass is 79.9. The largest absolute Gasteiger partial charge is 0.507 e. The van der Waals surface area contributed by atoms with Crippen LogP contribution in [0.2, 0.25) is 0 Å². The maximum Gasteiger partial charge on any atom is 0.337 e. The zero-order valence-corrected chi connectivity index (χ0v) is 27.1. The van der Waals surface area contributed by atoms with Crippen molar-refractivity contribution >= 4 is 45.4 Å². The zero-order valence-electron chi connectivity index (χ0n) is 25.5. The van der Waals surface area contributed by atoms with Gasteiger partial charge < -0.3 is 25.4 Å². The van der Waals surface area contributed by atoms with Gasteiger partial charge in [0.15, 0.2) is 11.8 Å². The second-order valence-corrected chi connectivity index (χ2v) is 12.0. The molecule has 44 heavy (non-hydrogen) atoms. The fraction of sp³-hybridized carbons (Fsp3) is 0.424. The van der Waals surface area contributed by atoms with Crippen molar-refractivity contribution in [3.8, 4) is 5.75 Å². The number of phenols is 1. The molecule has 3 N–H and O–H groups in total. The number of cyclic esters (lactones) is 1. The van der Waals surface area contributed by atoms with E-state index in [1.807, 2.05) is 13.0 Å². The number of hydrogen-bond donors (Lipinski definition) is 3. The van der Waals surface area contributed by atoms with Gasteiger partial charge in [0.1, 0.15) is 17.8 Å². The maximum absolute atomic E-state index is 13.9. The maximum atomic E-state index is 13.9. The van der Waals surface area contributed by atoms with Crippen LogP contribution in [0, 0.1) is 0 Å². The summed E-state index contributed by atoms with van der Waals surface area (Å²) in [4.78, 5) is 68.2. The van der Waals surface area contributed by atoms with Crippen molar-refractivity contribution < 1.29 is 33.8 Å². The number of hydrogen-bond acceptors (Lipinski definition) is 7. The third-order valence-corrected chi connectivity index (χ3v) is 8.15. The highest BCUT2D eigenvalue weighted by Crippen LogP contribution is 2.25. The van der Waals surface area contributed by atoms with Crippen molar-refractivity contribution in [2.45, 2.75) is 83.5 Å². The molecule has 4 atom stereocenters. The van der Waals surface area contributed by atoms with E-state index in [0.29, 0.717) is 35.7 Å². The molecule has 2 aromatic carbocycles. The molecular weight excluding hydrogens is 630 g/mol. The lowest BCUT2D eigenvalue weighted by molar-refractivity contribution is -0.151. The van der Waals surface area contributed by atoms with Crippen molar-refractivity contribution in [1.29, 1.82) is 0 Å². The minimum Gasteiger partial charge on any atom is -0.507 e. The van der Waals surface area contributed by atoms with Gasteiger partial charge in [-0.15, -0.1) is 0 Å². The Bertz CT molecular complexity index is 1400. The van der Waals surface area contributed by atoms with Crippen LogP contribution in [0.5, 0.6) is 5.75 Å². The molecule has 236 valence electrons. The zero-order chi connectivity index (χ0) is 32.4. The second-order valence-electron chi connectivity index (χ2n) is 11.1. The number of Topliss-reactive ketones (excluding diaryl/α,β-unsaturated/α-hetero) is 1. The molecule has 0 aliphatic carbocycles. The number of esters is 1. The minimum atomic E-state index is -1.67. The summed E-state index contributed by atoms with van der Waals surface area (Å²) in [6, 6.07) is 8.96. The Balaban J connectivity index is 2.01. The molecule has 0 saturated heterocycles. The quantitative estimate of drug-likeness (QED) is 0.191. The topological polar surface area (TPSA) is 142 Å². The van der Waals surface area contributed by atoms with E-state index in [1.54, 1.807) is 49.4 Å². The summed E-state index contributed by atoms with van der Waals surface area (Å²) in [7, 11) is 1.43. The van der Waals surface area contributed by atoms with E-state index in [0.717, 1.165) is 5.57 Å². The summed E-state index contributed by atoms with van der Waals surface area (Å²) in [5, 5.41) is 15.2. The standard InChI is InChI=1S/C33H40BrN3O7/c1-20-10-8-9-13-28(39)35-22(3)32(42)37(4)26(19-23-16-17-27(38)25(34)18-23)31(41)36-29(33(43)44-21(2)15-14-20)30(40)24-11-6-5-7-12-24/h5-7,10-12,16-18,21-22,26,29,38H,8-9,13-15,19H2,1-4H3,(H,35,39)(H,36,41)/b20-10+/t21-,22-,26-,29-/m0/s1. The van der Waals surface area contributed by atoms with Crippen LogP contribution < -0.4 is 10.6 Å². The summed E-state index contributed by atoms with van der Waals surface area (Å²) in [5.41, 5.74) is 1.87. The van der Waals surface area contributed by atoms with E-state index in [-0.39, 0.29) is 30.1 Å². The molecule has 3 amide bonds. The first-order chi connectivity index (χ1) is 20.9. The number of carbonyl (C=O) groups is 5. The number of phenolic OH excluding ortho intramolecular Hbond substituents is 1. The van der Waals surface area contributed by atoms with Crippen LogP contribution in [0.15, 0.2) is 64.7 Å². The third-order valence-electron chi connectivity index (χ3n) is 7.51. The van der Waals surface area contributed by atoms with Gasteiger partial charge in [-0.25, -0.2) is 4.79 Å². The van der Waals surface area contributed by atoms with Gasteiger partial charge in [0.25, 0.3) is 0 Å². The average Bonchev–Trinajstić information content (AvgIpc) is 3.00. The Kier molecular flexibility index (Phi) is 12.7. The summed E-state index contributed by atoms with van der Waals surface area (Å²) in [6.07, 6.45) is 4.11. The minimum absolute atomic E-state index is 0.00439. The van der Waals surface area contributed by atoms with Crippen LogP contribution in [0.4, 0.5) is 0 Å². The van der Waals surface area contributed by atoms with E-state index in [1.165, 1.54) is 24.9 Å². The molecule has 10 nitrogen and oxygen atoms in total. The van der Waals surface area contributed by atoms with Crippen LogP contribution >= 0.6 is 15.9 Å². The lowest BCUT2D eigenvalue weighted by Gasteiger charge is -2.31. The third kappa shape index (κ3) is 9.77. The molecule has 1 aliphatic heterocycles. The molecule has 0 bridgehead atoms. The summed E-state index contributed by atoms with van der Waals surface area (Å²) in [5.74, 6) is -3.15. The number of nitrogens with zero attached hydrogens (tertiary/aromatic N) is 1. The molecular formula is C33H40BrN3O7. The smallest absolute Gasteiger partial charge is 0.337 e. The average molecular weight is 671 g/mol. The molecule has 0 aromatic heterocycles. The molecule has 0 saturated carbocycles. The van der Waals surface area contributed by atoms with E-state index in [9.17, 15) is 29.1 Å². The van der Waals surface area contributed by atoms with Crippen molar-refractivity contribution in [2.75, 3.05) is 7.05 Å². The molecule has 0 unspecified atom stereocenters. The number of amides is 3. The lowest BCUT2D eigenvalue weighted by atomic mass is 10.0. The summed E-state index contributed by atoms with van der Waals surface area (Å²) in [6.45, 7) is 5.22. The molecule has 1 aliphatic rings. The van der Waals surface area contributed by atoms with Crippen molar-refractivity contribution in [1.82, 2.24) is 15.5 Å². The fourth-order valence-corrected chi connectivity index (χ4v) is 5.28. The SMILES string of the molecule is C/C1=C\CCCC(=O)N[C@@H](C)C(=O)N(C)[C@@H](Cc2ccc(O)c(Br)c2)C(=O)N[C@@H](C(=O)c2ccccc2)C(=O)O[C@@H](C)CC1. The van der Waals surface area contributed by atoms with Gasteiger partial charge in [-0.05, 0) is 80.1 Å². The van der Waals surface area contributed by atoms with E-state index in [4.69, 9.17) is 4.74 Å². The Morgan fingerprint density at radius 1 is 1.05 bits per heavy atom. The van der Waals surface area contributed by atoms with Gasteiger partial charge in [0.2, 0.25) is 17.7 Å². The molecule has 0 fully saturated rings. The van der Waals surface area contributed by atoms with Crippen LogP contribution in [0.25, 0.3) is 0 Å². The van der Waals surface area contributed by atoms with Crippen LogP contribution in [0.1, 0.15) is 68.8 Å². The highest BCUT2D eigenvalue weighted by Gasteiger charge is 2.37. The number of aromatic hydroxyl groups is 1. The van der Waals surface area contributed by atoms with Crippen LogP contribution in [-0.4, -0.2) is 70.8 Å². The van der Waals surface area contributed by atoms with Crippen LogP contribution in [0.3, 0.4) is 0 Å². The number of allylic oxidation sites excluding steroid dienone is 2. The monoisotopic (exact) mass is 669 g/mol. The predicted molar refractivity (Wildman–Crippen MR) is 169 cm³/mol. The normalized spacial score (nSPS) is 24.5. The number of halogens is 1. The molecule has 3 rings (SSSR count). The Morgan fingerprint density at radius 2 is 1.75 bits per heavy atom. The van der Waals surface area contributed by atoms with E-state index >= 15 is 0 Å². The van der Waals surface area contributed by atoms with Gasteiger partial charge in [-0.3, -0.25) is 19.2 Å². The molecule has 2 aromatic rings. The number of ether oxygens (including phenoxy) is 1. The van der Waals surface area contributed by atoms with E-state index < -0.39 is 47.8 Å².